The largest absolute Gasteiger partial charge is 0.383 e. The molecule has 6 heteroatoms. The molecule has 0 spiro atoms. The fourth-order valence-electron chi connectivity index (χ4n) is 3.42. The molecule has 1 aliphatic carbocycles. The minimum Gasteiger partial charge on any atom is -0.383 e. The summed E-state index contributed by atoms with van der Waals surface area (Å²) >= 11 is 1.67. The van der Waals surface area contributed by atoms with Crippen LogP contribution >= 0.6 is 11.3 Å². The van der Waals surface area contributed by atoms with Crippen molar-refractivity contribution in [1.29, 1.82) is 5.26 Å². The van der Waals surface area contributed by atoms with Crippen LogP contribution in [0, 0.1) is 11.3 Å². The Morgan fingerprint density at radius 2 is 2.07 bits per heavy atom. The highest BCUT2D eigenvalue weighted by Crippen LogP contribution is 2.39. The Kier molecular flexibility index (Phi) is 3.76. The van der Waals surface area contributed by atoms with E-state index in [1.165, 1.54) is 12.8 Å². The van der Waals surface area contributed by atoms with Crippen LogP contribution in [0.1, 0.15) is 52.3 Å². The van der Waals surface area contributed by atoms with Crippen LogP contribution in [-0.2, 0) is 6.42 Å². The molecule has 3 heterocycles. The van der Waals surface area contributed by atoms with E-state index in [-0.39, 0.29) is 6.04 Å². The Balaban J connectivity index is 1.46. The molecule has 27 heavy (non-hydrogen) atoms. The number of nitrogens with two attached hydrogens (primary N) is 1. The van der Waals surface area contributed by atoms with Gasteiger partial charge in [0.2, 0.25) is 0 Å². The summed E-state index contributed by atoms with van der Waals surface area (Å²) in [5.74, 6) is 1.99. The van der Waals surface area contributed by atoms with Crippen LogP contribution in [0.15, 0.2) is 46.9 Å². The minimum absolute atomic E-state index is 0.0163. The number of fused-ring (bicyclic) bond motifs is 1. The molecule has 5 rings (SSSR count). The molecule has 1 aliphatic heterocycles. The van der Waals surface area contributed by atoms with Gasteiger partial charge in [-0.3, -0.25) is 4.99 Å². The SMILES string of the molecule is N#Cc1cccc(-c2csc(C3Cc4nc(C5CC5)ncc4C(N)=N3)c2)c1. The van der Waals surface area contributed by atoms with Gasteiger partial charge in [0.25, 0.3) is 0 Å². The first-order chi connectivity index (χ1) is 13.2. The molecule has 1 aromatic carbocycles. The average molecular weight is 371 g/mol. The lowest BCUT2D eigenvalue weighted by atomic mass is 10.00. The lowest BCUT2D eigenvalue weighted by molar-refractivity contribution is 0.693. The maximum atomic E-state index is 9.11. The number of aromatic nitrogens is 2. The van der Waals surface area contributed by atoms with E-state index in [0.29, 0.717) is 17.3 Å². The third kappa shape index (κ3) is 3.00. The zero-order chi connectivity index (χ0) is 18.4. The average Bonchev–Trinajstić information content (AvgIpc) is 3.44. The minimum atomic E-state index is -0.0163. The Morgan fingerprint density at radius 1 is 1.19 bits per heavy atom. The van der Waals surface area contributed by atoms with Gasteiger partial charge in [-0.25, -0.2) is 9.97 Å². The first kappa shape index (κ1) is 16.2. The Hall–Kier alpha value is -3.04. The van der Waals surface area contributed by atoms with Crippen molar-refractivity contribution >= 4 is 17.2 Å². The molecular formula is C21H17N5S. The molecule has 132 valence electrons. The summed E-state index contributed by atoms with van der Waals surface area (Å²) in [6.45, 7) is 0. The molecule has 1 atom stereocenters. The number of rotatable bonds is 3. The van der Waals surface area contributed by atoms with E-state index in [2.05, 4.69) is 22.5 Å². The molecule has 3 aromatic rings. The van der Waals surface area contributed by atoms with Gasteiger partial charge in [-0.1, -0.05) is 12.1 Å². The van der Waals surface area contributed by atoms with Gasteiger partial charge in [-0.2, -0.15) is 5.26 Å². The highest BCUT2D eigenvalue weighted by atomic mass is 32.1. The second-order valence-corrected chi connectivity index (χ2v) is 7.97. The molecule has 1 saturated carbocycles. The zero-order valence-electron chi connectivity index (χ0n) is 14.6. The zero-order valence-corrected chi connectivity index (χ0v) is 15.4. The van der Waals surface area contributed by atoms with E-state index in [0.717, 1.165) is 39.5 Å². The Morgan fingerprint density at radius 3 is 2.89 bits per heavy atom. The number of thiophene rings is 1. The van der Waals surface area contributed by atoms with Crippen molar-refractivity contribution in [2.75, 3.05) is 0 Å². The second kappa shape index (κ2) is 6.29. The van der Waals surface area contributed by atoms with Gasteiger partial charge in [0.15, 0.2) is 0 Å². The summed E-state index contributed by atoms with van der Waals surface area (Å²) in [5.41, 5.74) is 10.9. The lowest BCUT2D eigenvalue weighted by Crippen LogP contribution is -2.24. The maximum absolute atomic E-state index is 9.11. The maximum Gasteiger partial charge on any atom is 0.131 e. The fourth-order valence-corrected chi connectivity index (χ4v) is 4.37. The van der Waals surface area contributed by atoms with Crippen LogP contribution < -0.4 is 5.73 Å². The van der Waals surface area contributed by atoms with Crippen LogP contribution in [0.2, 0.25) is 0 Å². The lowest BCUT2D eigenvalue weighted by Gasteiger charge is -2.20. The van der Waals surface area contributed by atoms with E-state index in [4.69, 9.17) is 21.0 Å². The topological polar surface area (TPSA) is 88.0 Å². The quantitative estimate of drug-likeness (QED) is 0.755. The number of nitriles is 1. The summed E-state index contributed by atoms with van der Waals surface area (Å²) in [7, 11) is 0. The fraction of sp³-hybridized carbons (Fsp3) is 0.238. The van der Waals surface area contributed by atoms with E-state index in [1.54, 1.807) is 11.3 Å². The number of hydrogen-bond donors (Lipinski definition) is 1. The van der Waals surface area contributed by atoms with Crippen LogP contribution in [0.3, 0.4) is 0 Å². The van der Waals surface area contributed by atoms with Crippen LogP contribution in [0.25, 0.3) is 11.1 Å². The molecule has 2 aliphatic rings. The van der Waals surface area contributed by atoms with Crippen molar-refractivity contribution in [1.82, 2.24) is 9.97 Å². The number of nitrogens with zero attached hydrogens (tertiary/aromatic N) is 4. The van der Waals surface area contributed by atoms with Crippen LogP contribution in [0.4, 0.5) is 0 Å². The predicted molar refractivity (Wildman–Crippen MR) is 106 cm³/mol. The number of amidine groups is 1. The first-order valence-corrected chi connectivity index (χ1v) is 9.87. The third-order valence-electron chi connectivity index (χ3n) is 5.06. The molecule has 0 saturated heterocycles. The first-order valence-electron chi connectivity index (χ1n) is 8.99. The van der Waals surface area contributed by atoms with Gasteiger partial charge in [-0.05, 0) is 47.5 Å². The Bertz CT molecular complexity index is 1100. The van der Waals surface area contributed by atoms with Crippen molar-refractivity contribution in [3.8, 4) is 17.2 Å². The van der Waals surface area contributed by atoms with Crippen LogP contribution in [0.5, 0.6) is 0 Å². The Labute approximate surface area is 161 Å². The van der Waals surface area contributed by atoms with E-state index in [9.17, 15) is 0 Å². The van der Waals surface area contributed by atoms with Crippen molar-refractivity contribution in [2.24, 2.45) is 10.7 Å². The summed E-state index contributed by atoms with van der Waals surface area (Å²) in [6.07, 6.45) is 4.94. The van der Waals surface area contributed by atoms with Gasteiger partial charge < -0.3 is 5.73 Å². The highest BCUT2D eigenvalue weighted by Gasteiger charge is 2.29. The molecule has 0 amide bonds. The molecule has 2 N–H and O–H groups in total. The van der Waals surface area contributed by atoms with Crippen molar-refractivity contribution in [3.05, 3.63) is 69.4 Å². The smallest absolute Gasteiger partial charge is 0.131 e. The summed E-state index contributed by atoms with van der Waals surface area (Å²) in [4.78, 5) is 15.1. The molecule has 1 fully saturated rings. The predicted octanol–water partition coefficient (Wildman–Crippen LogP) is 3.96. The standard InChI is InChI=1S/C21H17N5S/c22-9-12-2-1-3-14(6-12)15-7-19(27-11-15)18-8-17-16(20(23)25-18)10-24-21(26-17)13-4-5-13/h1-3,6-7,10-11,13,18H,4-5,8H2,(H2,23,25). The second-order valence-electron chi connectivity index (χ2n) is 7.03. The summed E-state index contributed by atoms with van der Waals surface area (Å²) < 4.78 is 0. The van der Waals surface area contributed by atoms with E-state index >= 15 is 0 Å². The van der Waals surface area contributed by atoms with E-state index < -0.39 is 0 Å². The van der Waals surface area contributed by atoms with Gasteiger partial charge in [-0.15, -0.1) is 11.3 Å². The molecule has 0 radical (unpaired) electrons. The molecule has 5 nitrogen and oxygen atoms in total. The van der Waals surface area contributed by atoms with Crippen LogP contribution in [-0.4, -0.2) is 15.8 Å². The number of aliphatic imine (C=N–C) groups is 1. The van der Waals surface area contributed by atoms with Crippen molar-refractivity contribution in [3.63, 3.8) is 0 Å². The van der Waals surface area contributed by atoms with Gasteiger partial charge in [0.1, 0.15) is 11.7 Å². The summed E-state index contributed by atoms with van der Waals surface area (Å²) in [5, 5.41) is 11.2. The van der Waals surface area contributed by atoms with Gasteiger partial charge >= 0.3 is 0 Å². The molecule has 1 unspecified atom stereocenters. The van der Waals surface area contributed by atoms with E-state index in [1.807, 2.05) is 30.5 Å². The normalized spacial score (nSPS) is 18.5. The van der Waals surface area contributed by atoms with Crippen molar-refractivity contribution < 1.29 is 0 Å². The highest BCUT2D eigenvalue weighted by molar-refractivity contribution is 7.10. The van der Waals surface area contributed by atoms with Gasteiger partial charge in [0, 0.05) is 23.4 Å². The monoisotopic (exact) mass is 371 g/mol. The summed E-state index contributed by atoms with van der Waals surface area (Å²) in [6, 6.07) is 12.0. The van der Waals surface area contributed by atoms with Crippen molar-refractivity contribution in [2.45, 2.75) is 31.2 Å². The molecule has 2 aromatic heterocycles. The number of benzene rings is 1. The van der Waals surface area contributed by atoms with Gasteiger partial charge in [0.05, 0.1) is 28.9 Å². The number of hydrogen-bond acceptors (Lipinski definition) is 6. The molecule has 0 bridgehead atoms. The molecular weight excluding hydrogens is 354 g/mol. The third-order valence-corrected chi connectivity index (χ3v) is 6.09.